The highest BCUT2D eigenvalue weighted by Gasteiger charge is 2.02. The third kappa shape index (κ3) is 2.75. The summed E-state index contributed by atoms with van der Waals surface area (Å²) in [6.07, 6.45) is 0. The van der Waals surface area contributed by atoms with E-state index in [0.29, 0.717) is 0 Å². The second-order valence-electron chi connectivity index (χ2n) is 2.25. The number of hydrogen-bond donors (Lipinski definition) is 3. The van der Waals surface area contributed by atoms with E-state index in [2.05, 4.69) is 4.72 Å². The van der Waals surface area contributed by atoms with Crippen LogP contribution in [0.25, 0.3) is 0 Å². The van der Waals surface area contributed by atoms with Gasteiger partial charge in [-0.15, -0.1) is 0 Å². The van der Waals surface area contributed by atoms with Crippen molar-refractivity contribution >= 4 is 22.5 Å². The molecule has 0 aromatic heterocycles. The van der Waals surface area contributed by atoms with Gasteiger partial charge in [-0.2, -0.15) is 0 Å². The molecular weight excluding hydrogens is 194 g/mol. The van der Waals surface area contributed by atoms with E-state index in [-0.39, 0.29) is 11.3 Å². The molecule has 0 atom stereocenters. The van der Waals surface area contributed by atoms with Gasteiger partial charge in [-0.25, -0.2) is 13.2 Å². The fraction of sp³-hybridized carbons (Fsp3) is 0. The Bertz CT molecular complexity index is 391. The minimum atomic E-state index is -2.75. The number of anilines is 1. The molecule has 0 bridgehead atoms. The van der Waals surface area contributed by atoms with E-state index < -0.39 is 16.9 Å². The average Bonchev–Trinajstić information content (AvgIpc) is 2.03. The predicted molar refractivity (Wildman–Crippen MR) is 47.3 cm³/mol. The highest BCUT2D eigenvalue weighted by molar-refractivity contribution is 7.73. The van der Waals surface area contributed by atoms with Gasteiger partial charge >= 0.3 is 5.97 Å². The lowest BCUT2D eigenvalue weighted by atomic mass is 10.2. The van der Waals surface area contributed by atoms with E-state index in [1.165, 1.54) is 24.3 Å². The maximum atomic E-state index is 10.5. The number of carbonyl (C=O) groups is 1. The Balaban J connectivity index is 2.98. The van der Waals surface area contributed by atoms with Crippen LogP contribution in [-0.4, -0.2) is 19.5 Å². The molecule has 6 heteroatoms. The van der Waals surface area contributed by atoms with E-state index in [1.807, 2.05) is 0 Å². The van der Waals surface area contributed by atoms with Gasteiger partial charge in [-0.1, -0.05) is 6.07 Å². The zero-order chi connectivity index (χ0) is 9.84. The molecule has 5 nitrogen and oxygen atoms in total. The maximum Gasteiger partial charge on any atom is 0.335 e. The van der Waals surface area contributed by atoms with Crippen molar-refractivity contribution in [3.8, 4) is 0 Å². The molecule has 0 amide bonds. The molecule has 0 radical (unpaired) electrons. The van der Waals surface area contributed by atoms with E-state index in [9.17, 15) is 13.2 Å². The van der Waals surface area contributed by atoms with Crippen LogP contribution in [0.1, 0.15) is 10.4 Å². The molecule has 0 aliphatic carbocycles. The van der Waals surface area contributed by atoms with Crippen LogP contribution in [0.2, 0.25) is 0 Å². The topological polar surface area (TPSA) is 83.5 Å². The number of nitrogens with one attached hydrogen (secondary N) is 1. The van der Waals surface area contributed by atoms with Crippen molar-refractivity contribution in [2.45, 2.75) is 0 Å². The quantitative estimate of drug-likeness (QED) is 0.615. The summed E-state index contributed by atoms with van der Waals surface area (Å²) >= 11 is 0. The monoisotopic (exact) mass is 201 g/mol. The molecule has 1 aromatic rings. The van der Waals surface area contributed by atoms with Crippen LogP contribution in [0.5, 0.6) is 0 Å². The second kappa shape index (κ2) is 3.90. The Morgan fingerprint density at radius 2 is 2.08 bits per heavy atom. The second-order valence-corrected chi connectivity index (χ2v) is 2.99. The third-order valence-electron chi connectivity index (χ3n) is 1.33. The summed E-state index contributed by atoms with van der Waals surface area (Å²) in [6, 6.07) is 5.56. The van der Waals surface area contributed by atoms with Gasteiger partial charge in [0.25, 0.3) is 0 Å². The van der Waals surface area contributed by atoms with Crippen molar-refractivity contribution in [2.24, 2.45) is 0 Å². The molecule has 2 N–H and O–H groups in total. The predicted octanol–water partition coefficient (Wildman–Crippen LogP) is 0.323. The normalized spacial score (nSPS) is 9.92. The summed E-state index contributed by atoms with van der Waals surface area (Å²) in [6.45, 7) is 0. The van der Waals surface area contributed by atoms with Gasteiger partial charge in [0, 0.05) is 5.69 Å². The Morgan fingerprint density at radius 3 is 2.62 bits per heavy atom. The molecule has 0 aliphatic rings. The highest BCUT2D eigenvalue weighted by Crippen LogP contribution is 2.09. The number of hydrogen-bond acceptors (Lipinski definition) is 3. The number of rotatable bonds is 3. The van der Waals surface area contributed by atoms with Crippen LogP contribution in [0.15, 0.2) is 24.3 Å². The molecule has 0 spiro atoms. The lowest BCUT2D eigenvalue weighted by Crippen LogP contribution is -1.99. The standard InChI is InChI=1S/C7H7NO4S/c9-7(10)5-2-1-3-6(4-5)8-13(11)12/h1-4,13H,(H,9,10)(H,8,11,12). The number of carboxylic acids is 1. The molecule has 1 aromatic carbocycles. The van der Waals surface area contributed by atoms with Crippen LogP contribution in [-0.2, 0) is 10.9 Å². The SMILES string of the molecule is O=C(O)c1cccc(N[SH](=O)=O)c1. The summed E-state index contributed by atoms with van der Waals surface area (Å²) in [4.78, 5) is 10.5. The molecule has 0 heterocycles. The smallest absolute Gasteiger partial charge is 0.335 e. The van der Waals surface area contributed by atoms with Crippen molar-refractivity contribution in [1.29, 1.82) is 0 Å². The average molecular weight is 201 g/mol. The summed E-state index contributed by atoms with van der Waals surface area (Å²) in [5, 5.41) is 8.56. The zero-order valence-corrected chi connectivity index (χ0v) is 7.32. The van der Waals surface area contributed by atoms with E-state index >= 15 is 0 Å². The van der Waals surface area contributed by atoms with Crippen LogP contribution < -0.4 is 4.72 Å². The minimum Gasteiger partial charge on any atom is -0.478 e. The largest absolute Gasteiger partial charge is 0.478 e. The van der Waals surface area contributed by atoms with Gasteiger partial charge in [0.2, 0.25) is 10.9 Å². The molecule has 0 saturated heterocycles. The number of aromatic carboxylic acids is 1. The molecule has 13 heavy (non-hydrogen) atoms. The summed E-state index contributed by atoms with van der Waals surface area (Å²) in [5.41, 5.74) is 0.290. The van der Waals surface area contributed by atoms with Crippen molar-refractivity contribution in [3.05, 3.63) is 29.8 Å². The van der Waals surface area contributed by atoms with E-state index in [1.54, 1.807) is 0 Å². The minimum absolute atomic E-state index is 0.0434. The van der Waals surface area contributed by atoms with Gasteiger partial charge in [0.1, 0.15) is 0 Å². The van der Waals surface area contributed by atoms with Gasteiger partial charge in [0.15, 0.2) is 0 Å². The molecule has 1 rings (SSSR count). The van der Waals surface area contributed by atoms with Crippen LogP contribution >= 0.6 is 0 Å². The first kappa shape index (κ1) is 9.53. The maximum absolute atomic E-state index is 10.5. The van der Waals surface area contributed by atoms with E-state index in [4.69, 9.17) is 5.11 Å². The fourth-order valence-corrected chi connectivity index (χ4v) is 1.18. The number of carboxylic acid groups (broad SMARTS) is 1. The Kier molecular flexibility index (Phi) is 2.86. The molecule has 0 unspecified atom stereocenters. The van der Waals surface area contributed by atoms with E-state index in [0.717, 1.165) is 0 Å². The Labute approximate surface area is 76.1 Å². The third-order valence-corrected chi connectivity index (χ3v) is 1.77. The van der Waals surface area contributed by atoms with Crippen LogP contribution in [0, 0.1) is 0 Å². The first-order valence-electron chi connectivity index (χ1n) is 3.34. The van der Waals surface area contributed by atoms with Gasteiger partial charge in [-0.05, 0) is 18.2 Å². The molecule has 70 valence electrons. The van der Waals surface area contributed by atoms with Crippen molar-refractivity contribution in [3.63, 3.8) is 0 Å². The first-order valence-corrected chi connectivity index (χ1v) is 4.52. The summed E-state index contributed by atoms with van der Waals surface area (Å²) in [7, 11) is -2.75. The molecule has 0 saturated carbocycles. The summed E-state index contributed by atoms with van der Waals surface area (Å²) in [5.74, 6) is -1.09. The fourth-order valence-electron chi connectivity index (χ4n) is 0.827. The van der Waals surface area contributed by atoms with Crippen molar-refractivity contribution in [1.82, 2.24) is 0 Å². The van der Waals surface area contributed by atoms with Crippen LogP contribution in [0.3, 0.4) is 0 Å². The Morgan fingerprint density at radius 1 is 1.38 bits per heavy atom. The number of thiol groups is 1. The lowest BCUT2D eigenvalue weighted by Gasteiger charge is -1.99. The first-order chi connectivity index (χ1) is 6.09. The van der Waals surface area contributed by atoms with Crippen LogP contribution in [0.4, 0.5) is 5.69 Å². The van der Waals surface area contributed by atoms with Gasteiger partial charge < -0.3 is 5.11 Å². The summed E-state index contributed by atoms with van der Waals surface area (Å²) < 4.78 is 22.5. The van der Waals surface area contributed by atoms with Gasteiger partial charge in [0.05, 0.1) is 5.56 Å². The Hall–Kier alpha value is -1.56. The zero-order valence-electron chi connectivity index (χ0n) is 6.43. The molecule has 0 aliphatic heterocycles. The van der Waals surface area contributed by atoms with Crippen molar-refractivity contribution in [2.75, 3.05) is 4.72 Å². The molecular formula is C7H7NO4S. The number of benzene rings is 1. The molecule has 0 fully saturated rings. The van der Waals surface area contributed by atoms with Gasteiger partial charge in [-0.3, -0.25) is 4.72 Å². The highest BCUT2D eigenvalue weighted by atomic mass is 32.2. The van der Waals surface area contributed by atoms with Crippen molar-refractivity contribution < 1.29 is 18.3 Å². The lowest BCUT2D eigenvalue weighted by molar-refractivity contribution is 0.0697.